The van der Waals surface area contributed by atoms with Crippen LogP contribution >= 0.6 is 0 Å². The van der Waals surface area contributed by atoms with Gasteiger partial charge in [0.1, 0.15) is 0 Å². The second kappa shape index (κ2) is 4.39. The first kappa shape index (κ1) is 10.7. The molecule has 15 heavy (non-hydrogen) atoms. The normalized spacial score (nSPS) is 22.9. The predicted octanol–water partition coefficient (Wildman–Crippen LogP) is 0.871. The molecule has 1 atom stereocenters. The number of amides is 2. The molecule has 0 spiro atoms. The molecule has 1 aliphatic heterocycles. The van der Waals surface area contributed by atoms with Gasteiger partial charge in [-0.2, -0.15) is 0 Å². The molecule has 2 N–H and O–H groups in total. The molecule has 2 aliphatic rings. The summed E-state index contributed by atoms with van der Waals surface area (Å²) in [5.74, 6) is 0.659. The van der Waals surface area contributed by atoms with Gasteiger partial charge >= 0.3 is 6.03 Å². The lowest BCUT2D eigenvalue weighted by Crippen LogP contribution is -2.48. The van der Waals surface area contributed by atoms with Gasteiger partial charge in [0.25, 0.3) is 0 Å². The second-order valence-corrected chi connectivity index (χ2v) is 4.73. The molecule has 0 aromatic rings. The minimum atomic E-state index is 0.176. The summed E-state index contributed by atoms with van der Waals surface area (Å²) >= 11 is 0. The Morgan fingerprint density at radius 3 is 2.53 bits per heavy atom. The van der Waals surface area contributed by atoms with Gasteiger partial charge in [-0.1, -0.05) is 0 Å². The smallest absolute Gasteiger partial charge is 0.320 e. The Morgan fingerprint density at radius 1 is 1.47 bits per heavy atom. The summed E-state index contributed by atoms with van der Waals surface area (Å²) in [7, 11) is 1.90. The van der Waals surface area contributed by atoms with Crippen LogP contribution in [-0.2, 0) is 0 Å². The van der Waals surface area contributed by atoms with Crippen LogP contribution in [0.2, 0.25) is 0 Å². The fraction of sp³-hybridized carbons (Fsp3) is 0.909. The maximum atomic E-state index is 12.1. The van der Waals surface area contributed by atoms with Crippen LogP contribution in [0.4, 0.5) is 4.79 Å². The fourth-order valence-electron chi connectivity index (χ4n) is 2.42. The van der Waals surface area contributed by atoms with E-state index in [9.17, 15) is 4.79 Å². The van der Waals surface area contributed by atoms with Gasteiger partial charge in [-0.3, -0.25) is 0 Å². The van der Waals surface area contributed by atoms with E-state index < -0.39 is 0 Å². The molecular formula is C11H21N3O. The number of rotatable bonds is 3. The molecule has 0 aromatic heterocycles. The van der Waals surface area contributed by atoms with Gasteiger partial charge in [0.15, 0.2) is 0 Å². The van der Waals surface area contributed by atoms with E-state index >= 15 is 0 Å². The van der Waals surface area contributed by atoms with Crippen LogP contribution < -0.4 is 5.73 Å². The van der Waals surface area contributed by atoms with Crippen LogP contribution in [0.1, 0.15) is 25.7 Å². The molecular weight excluding hydrogens is 190 g/mol. The van der Waals surface area contributed by atoms with Crippen LogP contribution in [0.25, 0.3) is 0 Å². The lowest BCUT2D eigenvalue weighted by molar-refractivity contribution is 0.151. The third-order valence-corrected chi connectivity index (χ3v) is 3.58. The van der Waals surface area contributed by atoms with Gasteiger partial charge in [-0.05, 0) is 31.6 Å². The number of carbonyl (C=O) groups is 1. The van der Waals surface area contributed by atoms with Crippen molar-refractivity contribution < 1.29 is 4.79 Å². The Labute approximate surface area is 91.4 Å². The molecule has 1 heterocycles. The van der Waals surface area contributed by atoms with Gasteiger partial charge in [-0.25, -0.2) is 4.79 Å². The van der Waals surface area contributed by atoms with Crippen LogP contribution in [0.5, 0.6) is 0 Å². The Hall–Kier alpha value is -0.770. The van der Waals surface area contributed by atoms with E-state index in [0.717, 1.165) is 25.9 Å². The Bertz CT molecular complexity index is 234. The highest BCUT2D eigenvalue weighted by Crippen LogP contribution is 2.34. The van der Waals surface area contributed by atoms with E-state index in [4.69, 9.17) is 5.73 Å². The monoisotopic (exact) mass is 211 g/mol. The summed E-state index contributed by atoms with van der Waals surface area (Å²) < 4.78 is 0. The Kier molecular flexibility index (Phi) is 3.14. The van der Waals surface area contributed by atoms with E-state index in [1.165, 1.54) is 12.8 Å². The summed E-state index contributed by atoms with van der Waals surface area (Å²) in [6.45, 7) is 2.44. The van der Waals surface area contributed by atoms with Crippen molar-refractivity contribution in [2.75, 3.05) is 26.7 Å². The zero-order valence-corrected chi connectivity index (χ0v) is 9.48. The number of carbonyl (C=O) groups excluding carboxylic acids is 1. The first-order valence-corrected chi connectivity index (χ1v) is 5.96. The molecule has 1 unspecified atom stereocenters. The number of hydrogen-bond donors (Lipinski definition) is 1. The van der Waals surface area contributed by atoms with E-state index in [2.05, 4.69) is 0 Å². The number of nitrogens with zero attached hydrogens (tertiary/aromatic N) is 2. The molecule has 86 valence electrons. The van der Waals surface area contributed by atoms with Gasteiger partial charge in [0.05, 0.1) is 0 Å². The van der Waals surface area contributed by atoms with E-state index in [1.807, 2.05) is 16.8 Å². The molecule has 1 saturated heterocycles. The zero-order valence-electron chi connectivity index (χ0n) is 9.48. The van der Waals surface area contributed by atoms with E-state index in [-0.39, 0.29) is 12.1 Å². The molecule has 2 fully saturated rings. The maximum Gasteiger partial charge on any atom is 0.320 e. The number of likely N-dealkylation sites (N-methyl/N-ethyl adjacent to an activating group) is 1. The largest absolute Gasteiger partial charge is 0.328 e. The summed E-state index contributed by atoms with van der Waals surface area (Å²) in [5, 5.41) is 0. The summed E-state index contributed by atoms with van der Waals surface area (Å²) in [4.78, 5) is 15.9. The third kappa shape index (κ3) is 2.25. The second-order valence-electron chi connectivity index (χ2n) is 4.73. The third-order valence-electron chi connectivity index (χ3n) is 3.58. The van der Waals surface area contributed by atoms with Crippen LogP contribution in [0.15, 0.2) is 0 Å². The van der Waals surface area contributed by atoms with Crippen molar-refractivity contribution in [3.05, 3.63) is 0 Å². The van der Waals surface area contributed by atoms with Crippen LogP contribution in [0.3, 0.4) is 0 Å². The zero-order chi connectivity index (χ0) is 10.8. The predicted molar refractivity (Wildman–Crippen MR) is 59.5 cm³/mol. The van der Waals surface area contributed by atoms with Crippen molar-refractivity contribution in [3.8, 4) is 0 Å². The fourth-order valence-corrected chi connectivity index (χ4v) is 2.42. The highest BCUT2D eigenvalue weighted by Gasteiger charge is 2.36. The molecule has 4 nitrogen and oxygen atoms in total. The Morgan fingerprint density at radius 2 is 2.07 bits per heavy atom. The highest BCUT2D eigenvalue weighted by molar-refractivity contribution is 5.74. The minimum absolute atomic E-state index is 0.176. The van der Waals surface area contributed by atoms with Crippen molar-refractivity contribution in [2.24, 2.45) is 11.7 Å². The number of likely N-dealkylation sites (tertiary alicyclic amines) is 1. The SMILES string of the molecule is CN(C(=O)N1CCCC1)C(CN)C1CC1. The summed E-state index contributed by atoms with van der Waals surface area (Å²) in [6, 6.07) is 0.438. The van der Waals surface area contributed by atoms with Crippen molar-refractivity contribution in [1.82, 2.24) is 9.80 Å². The molecule has 0 radical (unpaired) electrons. The lowest BCUT2D eigenvalue weighted by Gasteiger charge is -2.31. The summed E-state index contributed by atoms with van der Waals surface area (Å²) in [5.41, 5.74) is 5.74. The average Bonchev–Trinajstić information content (AvgIpc) is 2.93. The Balaban J connectivity index is 1.92. The molecule has 1 aliphatic carbocycles. The molecule has 0 bridgehead atoms. The first-order chi connectivity index (χ1) is 7.24. The average molecular weight is 211 g/mol. The summed E-state index contributed by atoms with van der Waals surface area (Å²) in [6.07, 6.45) is 4.77. The van der Waals surface area contributed by atoms with Gasteiger partial charge in [0, 0.05) is 32.7 Å². The molecule has 4 heteroatoms. The van der Waals surface area contributed by atoms with Crippen molar-refractivity contribution in [3.63, 3.8) is 0 Å². The molecule has 2 amide bonds. The van der Waals surface area contributed by atoms with Crippen LogP contribution in [-0.4, -0.2) is 48.6 Å². The van der Waals surface area contributed by atoms with E-state index in [0.29, 0.717) is 12.5 Å². The standard InChI is InChI=1S/C11H21N3O/c1-13(10(8-12)9-4-5-9)11(15)14-6-2-3-7-14/h9-10H,2-8,12H2,1H3. The minimum Gasteiger partial charge on any atom is -0.328 e. The lowest BCUT2D eigenvalue weighted by atomic mass is 10.1. The van der Waals surface area contributed by atoms with Crippen molar-refractivity contribution in [1.29, 1.82) is 0 Å². The maximum absolute atomic E-state index is 12.1. The quantitative estimate of drug-likeness (QED) is 0.753. The van der Waals surface area contributed by atoms with Gasteiger partial charge in [0.2, 0.25) is 0 Å². The molecule has 0 aromatic carbocycles. The van der Waals surface area contributed by atoms with Gasteiger partial charge in [-0.15, -0.1) is 0 Å². The number of hydrogen-bond acceptors (Lipinski definition) is 2. The molecule has 2 rings (SSSR count). The topological polar surface area (TPSA) is 49.6 Å². The van der Waals surface area contributed by atoms with E-state index in [1.54, 1.807) is 0 Å². The molecule has 1 saturated carbocycles. The number of nitrogens with two attached hydrogens (primary N) is 1. The van der Waals surface area contributed by atoms with Crippen molar-refractivity contribution in [2.45, 2.75) is 31.7 Å². The van der Waals surface area contributed by atoms with Crippen LogP contribution in [0, 0.1) is 5.92 Å². The number of urea groups is 1. The first-order valence-electron chi connectivity index (χ1n) is 5.96. The van der Waals surface area contributed by atoms with Crippen molar-refractivity contribution >= 4 is 6.03 Å². The highest BCUT2D eigenvalue weighted by atomic mass is 16.2. The van der Waals surface area contributed by atoms with Gasteiger partial charge < -0.3 is 15.5 Å².